The SMILES string of the molecule is COc1cccc(NC(=O)CN(C)CC(=O)Nc2ccc(F)c(F)c2)c1. The van der Waals surface area contributed by atoms with Gasteiger partial charge < -0.3 is 15.4 Å². The zero-order valence-corrected chi connectivity index (χ0v) is 14.4. The van der Waals surface area contributed by atoms with E-state index in [9.17, 15) is 18.4 Å². The van der Waals surface area contributed by atoms with E-state index in [1.165, 1.54) is 18.1 Å². The van der Waals surface area contributed by atoms with Crippen molar-refractivity contribution in [1.29, 1.82) is 0 Å². The molecule has 0 radical (unpaired) electrons. The van der Waals surface area contributed by atoms with E-state index < -0.39 is 17.5 Å². The third kappa shape index (κ3) is 5.82. The van der Waals surface area contributed by atoms with Crippen molar-refractivity contribution in [2.75, 3.05) is 37.9 Å². The van der Waals surface area contributed by atoms with Crippen LogP contribution in [0.5, 0.6) is 5.75 Å². The summed E-state index contributed by atoms with van der Waals surface area (Å²) in [6.07, 6.45) is 0. The largest absolute Gasteiger partial charge is 0.497 e. The molecule has 2 aromatic carbocycles. The van der Waals surface area contributed by atoms with Gasteiger partial charge in [-0.3, -0.25) is 14.5 Å². The van der Waals surface area contributed by atoms with Gasteiger partial charge in [0.25, 0.3) is 0 Å². The summed E-state index contributed by atoms with van der Waals surface area (Å²) in [5.74, 6) is -2.18. The number of amides is 2. The number of benzene rings is 2. The summed E-state index contributed by atoms with van der Waals surface area (Å²) in [5.41, 5.74) is 0.720. The first-order chi connectivity index (χ1) is 12.4. The molecule has 2 aromatic rings. The molecule has 138 valence electrons. The Balaban J connectivity index is 1.82. The quantitative estimate of drug-likeness (QED) is 0.793. The Kier molecular flexibility index (Phi) is 6.62. The number of nitrogens with one attached hydrogen (secondary N) is 2. The molecule has 0 atom stereocenters. The Morgan fingerprint density at radius 2 is 1.58 bits per heavy atom. The van der Waals surface area contributed by atoms with E-state index in [4.69, 9.17) is 4.74 Å². The molecule has 2 amide bonds. The minimum Gasteiger partial charge on any atom is -0.497 e. The van der Waals surface area contributed by atoms with Gasteiger partial charge in [-0.15, -0.1) is 0 Å². The highest BCUT2D eigenvalue weighted by molar-refractivity contribution is 5.94. The lowest BCUT2D eigenvalue weighted by atomic mass is 10.3. The predicted octanol–water partition coefficient (Wildman–Crippen LogP) is 2.48. The number of halogens is 2. The van der Waals surface area contributed by atoms with Crippen molar-refractivity contribution in [3.05, 3.63) is 54.1 Å². The molecule has 0 spiro atoms. The Bertz CT molecular complexity index is 799. The Morgan fingerprint density at radius 1 is 0.962 bits per heavy atom. The summed E-state index contributed by atoms with van der Waals surface area (Å²) >= 11 is 0. The fourth-order valence-corrected chi connectivity index (χ4v) is 2.22. The number of nitrogens with zero attached hydrogens (tertiary/aromatic N) is 1. The first-order valence-corrected chi connectivity index (χ1v) is 7.74. The fraction of sp³-hybridized carbons (Fsp3) is 0.222. The van der Waals surface area contributed by atoms with Gasteiger partial charge in [0.05, 0.1) is 20.2 Å². The minimum absolute atomic E-state index is 0.0254. The highest BCUT2D eigenvalue weighted by Gasteiger charge is 2.12. The fourth-order valence-electron chi connectivity index (χ4n) is 2.22. The summed E-state index contributed by atoms with van der Waals surface area (Å²) in [4.78, 5) is 25.4. The average molecular weight is 363 g/mol. The monoisotopic (exact) mass is 363 g/mol. The van der Waals surface area contributed by atoms with Crippen LogP contribution in [0.15, 0.2) is 42.5 Å². The zero-order valence-electron chi connectivity index (χ0n) is 14.4. The maximum Gasteiger partial charge on any atom is 0.238 e. The van der Waals surface area contributed by atoms with E-state index in [1.54, 1.807) is 31.3 Å². The van der Waals surface area contributed by atoms with Gasteiger partial charge in [-0.2, -0.15) is 0 Å². The van der Waals surface area contributed by atoms with Crippen LogP contribution in [-0.2, 0) is 9.59 Å². The van der Waals surface area contributed by atoms with Gasteiger partial charge in [0, 0.05) is 23.5 Å². The van der Waals surface area contributed by atoms with Crippen molar-refractivity contribution in [1.82, 2.24) is 4.90 Å². The second-order valence-corrected chi connectivity index (χ2v) is 5.63. The van der Waals surface area contributed by atoms with Crippen LogP contribution in [0.4, 0.5) is 20.2 Å². The summed E-state index contributed by atoms with van der Waals surface area (Å²) in [6.45, 7) is -0.118. The molecule has 0 aliphatic rings. The number of carbonyl (C=O) groups excluding carboxylic acids is 2. The van der Waals surface area contributed by atoms with Crippen LogP contribution in [0.1, 0.15) is 0 Å². The molecule has 26 heavy (non-hydrogen) atoms. The van der Waals surface area contributed by atoms with Crippen LogP contribution in [0.25, 0.3) is 0 Å². The molecule has 8 heteroatoms. The zero-order chi connectivity index (χ0) is 19.1. The molecule has 0 heterocycles. The van der Waals surface area contributed by atoms with Crippen LogP contribution in [0.3, 0.4) is 0 Å². The summed E-state index contributed by atoms with van der Waals surface area (Å²) in [6, 6.07) is 9.96. The summed E-state index contributed by atoms with van der Waals surface area (Å²) in [7, 11) is 3.12. The first-order valence-electron chi connectivity index (χ1n) is 7.74. The van der Waals surface area contributed by atoms with E-state index in [1.807, 2.05) is 0 Å². The second kappa shape index (κ2) is 8.91. The standard InChI is InChI=1S/C18H19F2N3O3/c1-23(10-17(24)21-12-4-3-5-14(8-12)26-2)11-18(25)22-13-6-7-15(19)16(20)9-13/h3-9H,10-11H2,1-2H3,(H,21,24)(H,22,25). The number of rotatable bonds is 7. The van der Waals surface area contributed by atoms with Gasteiger partial charge in [-0.05, 0) is 31.3 Å². The van der Waals surface area contributed by atoms with E-state index >= 15 is 0 Å². The number of hydrogen-bond donors (Lipinski definition) is 2. The molecule has 0 bridgehead atoms. The first kappa shape index (κ1) is 19.3. The van der Waals surface area contributed by atoms with Crippen molar-refractivity contribution in [3.63, 3.8) is 0 Å². The molecular formula is C18H19F2N3O3. The lowest BCUT2D eigenvalue weighted by Crippen LogP contribution is -2.36. The third-order valence-electron chi connectivity index (χ3n) is 3.38. The van der Waals surface area contributed by atoms with Crippen molar-refractivity contribution in [3.8, 4) is 5.75 Å². The Morgan fingerprint density at radius 3 is 2.15 bits per heavy atom. The Hall–Kier alpha value is -3.00. The van der Waals surface area contributed by atoms with Crippen LogP contribution in [-0.4, -0.2) is 44.0 Å². The molecule has 0 saturated carbocycles. The normalized spacial score (nSPS) is 10.5. The van der Waals surface area contributed by atoms with E-state index in [-0.39, 0.29) is 24.7 Å². The summed E-state index contributed by atoms with van der Waals surface area (Å²) in [5, 5.41) is 5.14. The number of hydrogen-bond acceptors (Lipinski definition) is 4. The van der Waals surface area contributed by atoms with Gasteiger partial charge in [-0.1, -0.05) is 6.07 Å². The highest BCUT2D eigenvalue weighted by atomic mass is 19.2. The number of carbonyl (C=O) groups is 2. The molecule has 2 N–H and O–H groups in total. The van der Waals surface area contributed by atoms with E-state index in [2.05, 4.69) is 10.6 Å². The lowest BCUT2D eigenvalue weighted by Gasteiger charge is -2.16. The van der Waals surface area contributed by atoms with Crippen LogP contribution >= 0.6 is 0 Å². The number of likely N-dealkylation sites (N-methyl/N-ethyl adjacent to an activating group) is 1. The number of anilines is 2. The smallest absolute Gasteiger partial charge is 0.238 e. The molecule has 0 aliphatic heterocycles. The molecule has 0 saturated heterocycles. The maximum absolute atomic E-state index is 13.1. The van der Waals surface area contributed by atoms with Gasteiger partial charge in [0.15, 0.2) is 11.6 Å². The molecule has 0 unspecified atom stereocenters. The summed E-state index contributed by atoms with van der Waals surface area (Å²) < 4.78 is 31.1. The molecule has 0 aliphatic carbocycles. The van der Waals surface area contributed by atoms with Crippen LogP contribution in [0.2, 0.25) is 0 Å². The van der Waals surface area contributed by atoms with E-state index in [0.29, 0.717) is 11.4 Å². The van der Waals surface area contributed by atoms with Crippen LogP contribution < -0.4 is 15.4 Å². The average Bonchev–Trinajstić information content (AvgIpc) is 2.57. The van der Waals surface area contributed by atoms with Crippen molar-refractivity contribution in [2.24, 2.45) is 0 Å². The van der Waals surface area contributed by atoms with Crippen LogP contribution in [0, 0.1) is 11.6 Å². The minimum atomic E-state index is -1.05. The number of methoxy groups -OCH3 is 1. The Labute approximate surface area is 149 Å². The third-order valence-corrected chi connectivity index (χ3v) is 3.38. The second-order valence-electron chi connectivity index (χ2n) is 5.63. The van der Waals surface area contributed by atoms with Gasteiger partial charge in [0.1, 0.15) is 5.75 Å². The lowest BCUT2D eigenvalue weighted by molar-refractivity contribution is -0.119. The molecule has 2 rings (SSSR count). The van der Waals surface area contributed by atoms with Gasteiger partial charge >= 0.3 is 0 Å². The van der Waals surface area contributed by atoms with E-state index in [0.717, 1.165) is 12.1 Å². The van der Waals surface area contributed by atoms with Gasteiger partial charge in [-0.25, -0.2) is 8.78 Å². The topological polar surface area (TPSA) is 70.7 Å². The molecule has 0 aromatic heterocycles. The van der Waals surface area contributed by atoms with Crippen molar-refractivity contribution >= 4 is 23.2 Å². The molecule has 6 nitrogen and oxygen atoms in total. The van der Waals surface area contributed by atoms with Gasteiger partial charge in [0.2, 0.25) is 11.8 Å². The number of ether oxygens (including phenoxy) is 1. The predicted molar refractivity (Wildman–Crippen MR) is 94.1 cm³/mol. The molecule has 0 fully saturated rings. The molecular weight excluding hydrogens is 344 g/mol. The van der Waals surface area contributed by atoms with Crippen molar-refractivity contribution < 1.29 is 23.1 Å². The highest BCUT2D eigenvalue weighted by Crippen LogP contribution is 2.16. The maximum atomic E-state index is 13.1. The van der Waals surface area contributed by atoms with Crippen molar-refractivity contribution in [2.45, 2.75) is 0 Å².